The van der Waals surface area contributed by atoms with Crippen LogP contribution in [0.2, 0.25) is 0 Å². The van der Waals surface area contributed by atoms with E-state index in [4.69, 9.17) is 0 Å². The number of aromatic amines is 1. The van der Waals surface area contributed by atoms with Crippen LogP contribution in [0, 0.1) is 6.92 Å². The van der Waals surface area contributed by atoms with Crippen molar-refractivity contribution in [1.82, 2.24) is 10.2 Å². The van der Waals surface area contributed by atoms with Gasteiger partial charge in [0.05, 0.1) is 11.7 Å². The fourth-order valence-corrected chi connectivity index (χ4v) is 2.39. The molecule has 106 valence electrons. The fraction of sp³-hybridized carbons (Fsp3) is 0.176. The number of carbonyl (C=O) groups excluding carboxylic acids is 1. The number of aryl methyl sites for hydroxylation is 1. The second-order valence-corrected chi connectivity index (χ2v) is 5.06. The van der Waals surface area contributed by atoms with Gasteiger partial charge in [-0.3, -0.25) is 9.89 Å². The molecule has 0 saturated heterocycles. The molecule has 1 N–H and O–H groups in total. The molecule has 0 spiro atoms. The average molecular weight is 279 g/mol. The SMILES string of the molecule is CCN(C(=O)c1ccc2cn[nH]c2c1)c1ccc(C)cc1. The van der Waals surface area contributed by atoms with Crippen molar-refractivity contribution in [3.8, 4) is 0 Å². The number of rotatable bonds is 3. The van der Waals surface area contributed by atoms with E-state index < -0.39 is 0 Å². The summed E-state index contributed by atoms with van der Waals surface area (Å²) in [5.74, 6) is -0.00199. The summed E-state index contributed by atoms with van der Waals surface area (Å²) in [5.41, 5.74) is 3.63. The summed E-state index contributed by atoms with van der Waals surface area (Å²) in [4.78, 5) is 14.5. The molecule has 0 aliphatic rings. The van der Waals surface area contributed by atoms with Gasteiger partial charge in [0.15, 0.2) is 0 Å². The van der Waals surface area contributed by atoms with Crippen molar-refractivity contribution in [3.63, 3.8) is 0 Å². The summed E-state index contributed by atoms with van der Waals surface area (Å²) in [6, 6.07) is 13.6. The zero-order valence-electron chi connectivity index (χ0n) is 12.1. The Bertz CT molecular complexity index is 774. The molecule has 3 aromatic rings. The number of anilines is 1. The van der Waals surface area contributed by atoms with Crippen LogP contribution in [0.5, 0.6) is 0 Å². The Kier molecular flexibility index (Phi) is 3.44. The lowest BCUT2D eigenvalue weighted by Crippen LogP contribution is -2.30. The third-order valence-corrected chi connectivity index (χ3v) is 3.60. The predicted octanol–water partition coefficient (Wildman–Crippen LogP) is 3.54. The Morgan fingerprint density at radius 3 is 2.67 bits per heavy atom. The van der Waals surface area contributed by atoms with Crippen LogP contribution < -0.4 is 4.90 Å². The highest BCUT2D eigenvalue weighted by atomic mass is 16.2. The number of nitrogens with one attached hydrogen (secondary N) is 1. The van der Waals surface area contributed by atoms with E-state index in [0.29, 0.717) is 12.1 Å². The number of carbonyl (C=O) groups is 1. The maximum Gasteiger partial charge on any atom is 0.258 e. The minimum Gasteiger partial charge on any atom is -0.309 e. The van der Waals surface area contributed by atoms with Gasteiger partial charge in [-0.05, 0) is 38.1 Å². The maximum atomic E-state index is 12.7. The molecule has 0 fully saturated rings. The van der Waals surface area contributed by atoms with Crippen LogP contribution in [-0.4, -0.2) is 22.6 Å². The van der Waals surface area contributed by atoms with Gasteiger partial charge in [-0.15, -0.1) is 0 Å². The largest absolute Gasteiger partial charge is 0.309 e. The van der Waals surface area contributed by atoms with Crippen LogP contribution in [0.4, 0.5) is 5.69 Å². The van der Waals surface area contributed by atoms with Crippen molar-refractivity contribution in [2.24, 2.45) is 0 Å². The number of hydrogen-bond donors (Lipinski definition) is 1. The van der Waals surface area contributed by atoms with Crippen LogP contribution in [-0.2, 0) is 0 Å². The average Bonchev–Trinajstić information content (AvgIpc) is 2.97. The summed E-state index contributed by atoms with van der Waals surface area (Å²) in [7, 11) is 0. The molecule has 0 atom stereocenters. The summed E-state index contributed by atoms with van der Waals surface area (Å²) in [6.07, 6.45) is 1.75. The Labute approximate surface area is 123 Å². The fourth-order valence-electron chi connectivity index (χ4n) is 2.39. The molecule has 3 rings (SSSR count). The van der Waals surface area contributed by atoms with Crippen molar-refractivity contribution in [2.75, 3.05) is 11.4 Å². The molecule has 2 aromatic carbocycles. The van der Waals surface area contributed by atoms with E-state index in [1.165, 1.54) is 5.56 Å². The van der Waals surface area contributed by atoms with E-state index in [2.05, 4.69) is 10.2 Å². The highest BCUT2D eigenvalue weighted by Gasteiger charge is 2.16. The van der Waals surface area contributed by atoms with Crippen LogP contribution in [0.3, 0.4) is 0 Å². The molecular formula is C17H17N3O. The monoisotopic (exact) mass is 279 g/mol. The standard InChI is InChI=1S/C17H17N3O/c1-3-20(15-8-4-12(2)5-9-15)17(21)13-6-7-14-11-18-19-16(14)10-13/h4-11H,3H2,1-2H3,(H,18,19). The van der Waals surface area contributed by atoms with Crippen molar-refractivity contribution in [1.29, 1.82) is 0 Å². The van der Waals surface area contributed by atoms with Gasteiger partial charge < -0.3 is 4.90 Å². The predicted molar refractivity (Wildman–Crippen MR) is 84.6 cm³/mol. The number of amides is 1. The van der Waals surface area contributed by atoms with Crippen molar-refractivity contribution >= 4 is 22.5 Å². The Balaban J connectivity index is 1.95. The molecule has 0 radical (unpaired) electrons. The molecule has 4 nitrogen and oxygen atoms in total. The summed E-state index contributed by atoms with van der Waals surface area (Å²) in [5, 5.41) is 7.89. The van der Waals surface area contributed by atoms with Gasteiger partial charge in [0.2, 0.25) is 0 Å². The zero-order chi connectivity index (χ0) is 14.8. The number of H-pyrrole nitrogens is 1. The van der Waals surface area contributed by atoms with Gasteiger partial charge in [0.25, 0.3) is 5.91 Å². The normalized spacial score (nSPS) is 10.8. The molecule has 0 bridgehead atoms. The van der Waals surface area contributed by atoms with Crippen LogP contribution in [0.15, 0.2) is 48.7 Å². The van der Waals surface area contributed by atoms with Crippen LogP contribution >= 0.6 is 0 Å². The van der Waals surface area contributed by atoms with Crippen molar-refractivity contribution in [3.05, 3.63) is 59.8 Å². The first-order valence-corrected chi connectivity index (χ1v) is 7.00. The molecular weight excluding hydrogens is 262 g/mol. The van der Waals surface area contributed by atoms with Crippen LogP contribution in [0.1, 0.15) is 22.8 Å². The topological polar surface area (TPSA) is 49.0 Å². The lowest BCUT2D eigenvalue weighted by atomic mass is 10.1. The molecule has 1 heterocycles. The highest BCUT2D eigenvalue weighted by molar-refractivity contribution is 6.07. The second kappa shape index (κ2) is 5.40. The van der Waals surface area contributed by atoms with E-state index >= 15 is 0 Å². The molecule has 1 aromatic heterocycles. The molecule has 21 heavy (non-hydrogen) atoms. The Morgan fingerprint density at radius 1 is 1.19 bits per heavy atom. The first kappa shape index (κ1) is 13.4. The summed E-state index contributed by atoms with van der Waals surface area (Å²) < 4.78 is 0. The number of hydrogen-bond acceptors (Lipinski definition) is 2. The number of benzene rings is 2. The van der Waals surface area contributed by atoms with Gasteiger partial charge in [-0.1, -0.05) is 23.8 Å². The minimum absolute atomic E-state index is 0.00199. The summed E-state index contributed by atoms with van der Waals surface area (Å²) >= 11 is 0. The smallest absolute Gasteiger partial charge is 0.258 e. The number of nitrogens with zero attached hydrogens (tertiary/aromatic N) is 2. The molecule has 0 saturated carbocycles. The first-order valence-electron chi connectivity index (χ1n) is 7.00. The lowest BCUT2D eigenvalue weighted by molar-refractivity contribution is 0.0988. The number of aromatic nitrogens is 2. The quantitative estimate of drug-likeness (QED) is 0.797. The van der Waals surface area contributed by atoms with Gasteiger partial charge in [0.1, 0.15) is 0 Å². The Hall–Kier alpha value is -2.62. The van der Waals surface area contributed by atoms with Gasteiger partial charge in [-0.2, -0.15) is 5.10 Å². The van der Waals surface area contributed by atoms with E-state index in [0.717, 1.165) is 16.6 Å². The first-order chi connectivity index (χ1) is 10.2. The maximum absolute atomic E-state index is 12.7. The third kappa shape index (κ3) is 2.52. The summed E-state index contributed by atoms with van der Waals surface area (Å²) in [6.45, 7) is 4.64. The minimum atomic E-state index is -0.00199. The van der Waals surface area contributed by atoms with E-state index in [-0.39, 0.29) is 5.91 Å². The molecule has 1 amide bonds. The van der Waals surface area contributed by atoms with Gasteiger partial charge in [0, 0.05) is 23.2 Å². The highest BCUT2D eigenvalue weighted by Crippen LogP contribution is 2.20. The number of fused-ring (bicyclic) bond motifs is 1. The lowest BCUT2D eigenvalue weighted by Gasteiger charge is -2.21. The van der Waals surface area contributed by atoms with E-state index in [1.54, 1.807) is 11.1 Å². The van der Waals surface area contributed by atoms with Crippen molar-refractivity contribution in [2.45, 2.75) is 13.8 Å². The second-order valence-electron chi connectivity index (χ2n) is 5.06. The van der Waals surface area contributed by atoms with Crippen LogP contribution in [0.25, 0.3) is 10.9 Å². The zero-order valence-corrected chi connectivity index (χ0v) is 12.1. The third-order valence-electron chi connectivity index (χ3n) is 3.60. The molecule has 0 aliphatic heterocycles. The molecule has 0 aliphatic carbocycles. The van der Waals surface area contributed by atoms with E-state index in [9.17, 15) is 4.79 Å². The molecule has 4 heteroatoms. The van der Waals surface area contributed by atoms with Gasteiger partial charge >= 0.3 is 0 Å². The Morgan fingerprint density at radius 2 is 1.95 bits per heavy atom. The van der Waals surface area contributed by atoms with Gasteiger partial charge in [-0.25, -0.2) is 0 Å². The van der Waals surface area contributed by atoms with E-state index in [1.807, 2.05) is 56.3 Å². The van der Waals surface area contributed by atoms with Crippen molar-refractivity contribution < 1.29 is 4.79 Å². The molecule has 0 unspecified atom stereocenters.